The Hall–Kier alpha value is -2.31. The van der Waals surface area contributed by atoms with Gasteiger partial charge in [-0.1, -0.05) is 42.5 Å². The van der Waals surface area contributed by atoms with Crippen molar-refractivity contribution in [1.82, 2.24) is 20.2 Å². The molecule has 1 aliphatic rings. The van der Waals surface area contributed by atoms with Crippen molar-refractivity contribution in [2.75, 3.05) is 25.4 Å². The molecular weight excluding hydrogens is 380 g/mol. The highest BCUT2D eigenvalue weighted by Gasteiger charge is 2.21. The number of aromatic nitrogens is 2. The molecule has 1 aliphatic heterocycles. The van der Waals surface area contributed by atoms with Crippen LogP contribution in [0.3, 0.4) is 0 Å². The predicted molar refractivity (Wildman–Crippen MR) is 120 cm³/mol. The van der Waals surface area contributed by atoms with Crippen molar-refractivity contribution in [2.45, 2.75) is 31.1 Å². The van der Waals surface area contributed by atoms with E-state index in [2.05, 4.69) is 39.2 Å². The van der Waals surface area contributed by atoms with Gasteiger partial charge in [0.1, 0.15) is 5.82 Å². The van der Waals surface area contributed by atoms with Crippen LogP contribution in [0.2, 0.25) is 0 Å². The number of hydrogen-bond acceptors (Lipinski definition) is 4. The Labute approximate surface area is 176 Å². The Morgan fingerprint density at radius 2 is 1.86 bits per heavy atom. The van der Waals surface area contributed by atoms with Crippen LogP contribution in [0.25, 0.3) is 11.0 Å². The first-order chi connectivity index (χ1) is 14.2. The van der Waals surface area contributed by atoms with E-state index in [4.69, 9.17) is 0 Å². The zero-order valence-corrected chi connectivity index (χ0v) is 17.6. The molecule has 2 atom stereocenters. The van der Waals surface area contributed by atoms with Gasteiger partial charge in [0, 0.05) is 6.54 Å². The van der Waals surface area contributed by atoms with E-state index in [1.54, 1.807) is 11.8 Å². The van der Waals surface area contributed by atoms with Crippen molar-refractivity contribution in [1.29, 1.82) is 0 Å². The standard InChI is InChI=1S/C23H28N4OS/c1-17(23-25-19-11-5-6-12-20(19)26-23)29-16-22(28)24-21(15-27-13-7-8-14-27)18-9-3-2-4-10-18/h2-6,9-12,17,21H,7-8,13-16H2,1H3,(H,24,28)(H,25,26). The van der Waals surface area contributed by atoms with Gasteiger partial charge in [-0.15, -0.1) is 11.8 Å². The quantitative estimate of drug-likeness (QED) is 0.583. The topological polar surface area (TPSA) is 61.0 Å². The molecule has 2 aromatic carbocycles. The van der Waals surface area contributed by atoms with Crippen LogP contribution in [0.1, 0.15) is 42.4 Å². The Balaban J connectivity index is 1.35. The number of nitrogens with one attached hydrogen (secondary N) is 2. The van der Waals surface area contributed by atoms with Gasteiger partial charge in [0.2, 0.25) is 5.91 Å². The SMILES string of the molecule is CC(SCC(=O)NC(CN1CCCC1)c1ccccc1)c1nc2ccccc2[nH]1. The van der Waals surface area contributed by atoms with Crippen LogP contribution in [0.5, 0.6) is 0 Å². The Bertz CT molecular complexity index is 903. The molecule has 3 aromatic rings. The number of rotatable bonds is 8. The molecule has 1 fully saturated rings. The lowest BCUT2D eigenvalue weighted by atomic mass is 10.1. The third-order valence-corrected chi connectivity index (χ3v) is 6.59. The van der Waals surface area contributed by atoms with E-state index in [0.29, 0.717) is 5.75 Å². The number of benzene rings is 2. The maximum absolute atomic E-state index is 12.7. The third-order valence-electron chi connectivity index (χ3n) is 5.43. The second-order valence-corrected chi connectivity index (χ2v) is 8.96. The second kappa shape index (κ2) is 9.46. The first-order valence-corrected chi connectivity index (χ1v) is 11.4. The minimum absolute atomic E-state index is 0.0314. The van der Waals surface area contributed by atoms with Crippen LogP contribution in [-0.2, 0) is 4.79 Å². The number of fused-ring (bicyclic) bond motifs is 1. The average Bonchev–Trinajstić information content (AvgIpc) is 3.42. The summed E-state index contributed by atoms with van der Waals surface area (Å²) in [5.74, 6) is 1.41. The van der Waals surface area contributed by atoms with E-state index in [1.165, 1.54) is 18.4 Å². The van der Waals surface area contributed by atoms with E-state index in [1.807, 2.05) is 42.5 Å². The lowest BCUT2D eigenvalue weighted by molar-refractivity contribution is -0.119. The van der Waals surface area contributed by atoms with Crippen LogP contribution in [0.15, 0.2) is 54.6 Å². The highest BCUT2D eigenvalue weighted by molar-refractivity contribution is 8.00. The molecule has 0 bridgehead atoms. The van der Waals surface area contributed by atoms with Gasteiger partial charge in [0.05, 0.1) is 28.1 Å². The molecule has 0 spiro atoms. The first kappa shape index (κ1) is 20.0. The van der Waals surface area contributed by atoms with Crippen molar-refractivity contribution in [3.8, 4) is 0 Å². The summed E-state index contributed by atoms with van der Waals surface area (Å²) in [6.45, 7) is 5.21. The zero-order valence-electron chi connectivity index (χ0n) is 16.8. The van der Waals surface area contributed by atoms with Gasteiger partial charge in [0.15, 0.2) is 0 Å². The Morgan fingerprint density at radius 3 is 2.62 bits per heavy atom. The molecule has 0 radical (unpaired) electrons. The number of carbonyl (C=O) groups is 1. The van der Waals surface area contributed by atoms with E-state index in [0.717, 1.165) is 36.5 Å². The normalized spacial score (nSPS) is 16.7. The summed E-state index contributed by atoms with van der Waals surface area (Å²) in [6.07, 6.45) is 2.50. The van der Waals surface area contributed by atoms with Gasteiger partial charge in [0.25, 0.3) is 0 Å². The number of nitrogens with zero attached hydrogens (tertiary/aromatic N) is 2. The van der Waals surface area contributed by atoms with Crippen LogP contribution < -0.4 is 5.32 Å². The number of carbonyl (C=O) groups excluding carboxylic acids is 1. The summed E-state index contributed by atoms with van der Waals surface area (Å²) in [5.41, 5.74) is 3.17. The number of para-hydroxylation sites is 2. The fourth-order valence-corrected chi connectivity index (χ4v) is 4.58. The van der Waals surface area contributed by atoms with Crippen LogP contribution >= 0.6 is 11.8 Å². The average molecular weight is 409 g/mol. The highest BCUT2D eigenvalue weighted by atomic mass is 32.2. The molecule has 2 unspecified atom stereocenters. The summed E-state index contributed by atoms with van der Waals surface area (Å²) in [5, 5.41) is 3.39. The monoisotopic (exact) mass is 408 g/mol. The molecule has 2 N–H and O–H groups in total. The molecule has 0 saturated carbocycles. The smallest absolute Gasteiger partial charge is 0.230 e. The number of imidazole rings is 1. The second-order valence-electron chi connectivity index (χ2n) is 7.63. The number of H-pyrrole nitrogens is 1. The largest absolute Gasteiger partial charge is 0.347 e. The highest BCUT2D eigenvalue weighted by Crippen LogP contribution is 2.28. The molecule has 152 valence electrons. The fraction of sp³-hybridized carbons (Fsp3) is 0.391. The summed E-state index contributed by atoms with van der Waals surface area (Å²) in [6, 6.07) is 18.3. The maximum Gasteiger partial charge on any atom is 0.230 e. The van der Waals surface area contributed by atoms with Crippen LogP contribution in [0, 0.1) is 0 Å². The van der Waals surface area contributed by atoms with Gasteiger partial charge in [-0.25, -0.2) is 4.98 Å². The molecule has 1 amide bonds. The molecule has 5 nitrogen and oxygen atoms in total. The fourth-order valence-electron chi connectivity index (χ4n) is 3.82. The van der Waals surface area contributed by atoms with Gasteiger partial charge in [-0.3, -0.25) is 4.79 Å². The minimum atomic E-state index is 0.0314. The number of likely N-dealkylation sites (tertiary alicyclic amines) is 1. The van der Waals surface area contributed by atoms with Crippen molar-refractivity contribution in [2.24, 2.45) is 0 Å². The maximum atomic E-state index is 12.7. The molecule has 2 heterocycles. The lowest BCUT2D eigenvalue weighted by Gasteiger charge is -2.25. The minimum Gasteiger partial charge on any atom is -0.347 e. The summed E-state index contributed by atoms with van der Waals surface area (Å²) in [4.78, 5) is 23.2. The predicted octanol–water partition coefficient (Wildman–Crippen LogP) is 4.31. The van der Waals surface area contributed by atoms with Gasteiger partial charge >= 0.3 is 0 Å². The van der Waals surface area contributed by atoms with Gasteiger partial charge < -0.3 is 15.2 Å². The van der Waals surface area contributed by atoms with Gasteiger partial charge in [-0.05, 0) is 50.6 Å². The molecule has 0 aliphatic carbocycles. The van der Waals surface area contributed by atoms with E-state index in [9.17, 15) is 4.79 Å². The van der Waals surface area contributed by atoms with Crippen LogP contribution in [0.4, 0.5) is 0 Å². The molecular formula is C23H28N4OS. The lowest BCUT2D eigenvalue weighted by Crippen LogP contribution is -2.37. The van der Waals surface area contributed by atoms with Crippen molar-refractivity contribution in [3.05, 3.63) is 66.0 Å². The Morgan fingerprint density at radius 1 is 1.14 bits per heavy atom. The van der Waals surface area contributed by atoms with E-state index < -0.39 is 0 Å². The number of amides is 1. The molecule has 1 saturated heterocycles. The summed E-state index contributed by atoms with van der Waals surface area (Å²) >= 11 is 1.61. The molecule has 4 rings (SSSR count). The summed E-state index contributed by atoms with van der Waals surface area (Å²) < 4.78 is 0. The van der Waals surface area contributed by atoms with E-state index >= 15 is 0 Å². The molecule has 6 heteroatoms. The first-order valence-electron chi connectivity index (χ1n) is 10.3. The molecule has 1 aromatic heterocycles. The van der Waals surface area contributed by atoms with Crippen molar-refractivity contribution >= 4 is 28.7 Å². The number of aromatic amines is 1. The van der Waals surface area contributed by atoms with E-state index in [-0.39, 0.29) is 17.2 Å². The Kier molecular flexibility index (Phi) is 6.52. The van der Waals surface area contributed by atoms with Crippen molar-refractivity contribution in [3.63, 3.8) is 0 Å². The third kappa shape index (κ3) is 5.19. The molecule has 29 heavy (non-hydrogen) atoms. The number of thioether (sulfide) groups is 1. The number of hydrogen-bond donors (Lipinski definition) is 2. The zero-order chi connectivity index (χ0) is 20.1. The summed E-state index contributed by atoms with van der Waals surface area (Å²) in [7, 11) is 0. The van der Waals surface area contributed by atoms with Gasteiger partial charge in [-0.2, -0.15) is 0 Å². The van der Waals surface area contributed by atoms with Crippen molar-refractivity contribution < 1.29 is 4.79 Å². The van der Waals surface area contributed by atoms with Crippen LogP contribution in [-0.4, -0.2) is 46.2 Å².